The smallest absolute Gasteiger partial charge is 0.0833 e. The predicted molar refractivity (Wildman–Crippen MR) is 65.0 cm³/mol. The molecule has 0 aliphatic heterocycles. The summed E-state index contributed by atoms with van der Waals surface area (Å²) in [5.41, 5.74) is 0.296. The Bertz CT molecular complexity index is 143. The number of aliphatic hydroxyl groups excluding tert-OH is 1. The number of hydrogen-bond acceptors (Lipinski definition) is 2. The zero-order valence-corrected chi connectivity index (χ0v) is 11.0. The second kappa shape index (κ2) is 7.24. The molecule has 0 saturated heterocycles. The average Bonchev–Trinajstić information content (AvgIpc) is 2.13. The lowest BCUT2D eigenvalue weighted by molar-refractivity contribution is -0.0434. The van der Waals surface area contributed by atoms with Crippen LogP contribution >= 0.6 is 0 Å². The van der Waals surface area contributed by atoms with E-state index in [1.54, 1.807) is 0 Å². The van der Waals surface area contributed by atoms with Gasteiger partial charge in [0, 0.05) is 6.61 Å². The first kappa shape index (κ1) is 14.9. The first-order valence-corrected chi connectivity index (χ1v) is 6.20. The Morgan fingerprint density at radius 3 is 2.13 bits per heavy atom. The molecular weight excluding hydrogens is 188 g/mol. The van der Waals surface area contributed by atoms with Gasteiger partial charge in [-0.25, -0.2) is 0 Å². The Morgan fingerprint density at radius 2 is 1.73 bits per heavy atom. The Kier molecular flexibility index (Phi) is 7.20. The van der Waals surface area contributed by atoms with Crippen molar-refractivity contribution in [1.82, 2.24) is 0 Å². The lowest BCUT2D eigenvalue weighted by atomic mass is 9.88. The van der Waals surface area contributed by atoms with Crippen molar-refractivity contribution in [3.63, 3.8) is 0 Å². The van der Waals surface area contributed by atoms with Gasteiger partial charge in [-0.2, -0.15) is 0 Å². The SMILES string of the molecule is CCCC(OCC)C(O)CCC(C)(C)C. The molecule has 2 nitrogen and oxygen atoms in total. The highest BCUT2D eigenvalue weighted by Gasteiger charge is 2.21. The molecule has 0 amide bonds. The van der Waals surface area contributed by atoms with Gasteiger partial charge < -0.3 is 9.84 Å². The van der Waals surface area contributed by atoms with Gasteiger partial charge in [0.25, 0.3) is 0 Å². The van der Waals surface area contributed by atoms with Crippen LogP contribution in [0.3, 0.4) is 0 Å². The largest absolute Gasteiger partial charge is 0.390 e. The predicted octanol–water partition coefficient (Wildman–Crippen LogP) is 3.38. The molecule has 0 rings (SSSR count). The average molecular weight is 216 g/mol. The number of rotatable bonds is 7. The molecule has 0 fully saturated rings. The van der Waals surface area contributed by atoms with Crippen LogP contribution in [0.5, 0.6) is 0 Å². The molecule has 0 aliphatic rings. The minimum Gasteiger partial charge on any atom is -0.390 e. The fourth-order valence-electron chi connectivity index (χ4n) is 1.65. The molecule has 0 heterocycles. The van der Waals surface area contributed by atoms with Crippen molar-refractivity contribution in [2.24, 2.45) is 5.41 Å². The van der Waals surface area contributed by atoms with E-state index in [0.717, 1.165) is 25.7 Å². The van der Waals surface area contributed by atoms with Crippen LogP contribution in [-0.4, -0.2) is 23.9 Å². The second-order valence-corrected chi connectivity index (χ2v) is 5.45. The van der Waals surface area contributed by atoms with E-state index in [9.17, 15) is 5.11 Å². The van der Waals surface area contributed by atoms with Crippen molar-refractivity contribution >= 4 is 0 Å². The first-order chi connectivity index (χ1) is 6.90. The normalized spacial score (nSPS) is 16.4. The lowest BCUT2D eigenvalue weighted by Crippen LogP contribution is -2.30. The number of hydrogen-bond donors (Lipinski definition) is 1. The maximum Gasteiger partial charge on any atom is 0.0833 e. The molecule has 0 saturated carbocycles. The molecule has 0 aromatic rings. The number of aliphatic hydroxyl groups is 1. The van der Waals surface area contributed by atoms with E-state index in [1.807, 2.05) is 6.92 Å². The van der Waals surface area contributed by atoms with Gasteiger partial charge in [-0.1, -0.05) is 34.1 Å². The van der Waals surface area contributed by atoms with Crippen molar-refractivity contribution in [3.8, 4) is 0 Å². The highest BCUT2D eigenvalue weighted by atomic mass is 16.5. The summed E-state index contributed by atoms with van der Waals surface area (Å²) in [6.07, 6.45) is 3.64. The molecule has 0 spiro atoms. The molecule has 0 aromatic carbocycles. The molecule has 2 unspecified atom stereocenters. The van der Waals surface area contributed by atoms with Crippen LogP contribution in [0.2, 0.25) is 0 Å². The quantitative estimate of drug-likeness (QED) is 0.707. The van der Waals surface area contributed by atoms with E-state index in [2.05, 4.69) is 27.7 Å². The van der Waals surface area contributed by atoms with Crippen molar-refractivity contribution in [3.05, 3.63) is 0 Å². The van der Waals surface area contributed by atoms with Gasteiger partial charge in [-0.15, -0.1) is 0 Å². The van der Waals surface area contributed by atoms with Crippen molar-refractivity contribution in [2.45, 2.75) is 72.5 Å². The standard InChI is InChI=1S/C13H28O2/c1-6-8-12(15-7-2)11(14)9-10-13(3,4)5/h11-12,14H,6-10H2,1-5H3. The summed E-state index contributed by atoms with van der Waals surface area (Å²) in [5, 5.41) is 10.0. The van der Waals surface area contributed by atoms with Crippen LogP contribution < -0.4 is 0 Å². The van der Waals surface area contributed by atoms with Gasteiger partial charge in [-0.05, 0) is 31.6 Å². The van der Waals surface area contributed by atoms with Gasteiger partial charge >= 0.3 is 0 Å². The Labute approximate surface area is 95.0 Å². The maximum atomic E-state index is 10.0. The van der Waals surface area contributed by atoms with Crippen molar-refractivity contribution in [1.29, 1.82) is 0 Å². The van der Waals surface area contributed by atoms with E-state index in [4.69, 9.17) is 4.74 Å². The highest BCUT2D eigenvalue weighted by molar-refractivity contribution is 4.72. The maximum absolute atomic E-state index is 10.0. The zero-order valence-electron chi connectivity index (χ0n) is 11.0. The van der Waals surface area contributed by atoms with Crippen LogP contribution in [0, 0.1) is 5.41 Å². The summed E-state index contributed by atoms with van der Waals surface area (Å²) < 4.78 is 5.56. The Hall–Kier alpha value is -0.0800. The van der Waals surface area contributed by atoms with Gasteiger partial charge in [0.05, 0.1) is 12.2 Å². The summed E-state index contributed by atoms with van der Waals surface area (Å²) in [6, 6.07) is 0. The van der Waals surface area contributed by atoms with Crippen LogP contribution in [-0.2, 0) is 4.74 Å². The monoisotopic (exact) mass is 216 g/mol. The Balaban J connectivity index is 3.96. The minimum atomic E-state index is -0.302. The van der Waals surface area contributed by atoms with Gasteiger partial charge in [0.15, 0.2) is 0 Å². The lowest BCUT2D eigenvalue weighted by Gasteiger charge is -2.25. The highest BCUT2D eigenvalue weighted by Crippen LogP contribution is 2.23. The first-order valence-electron chi connectivity index (χ1n) is 6.20. The second-order valence-electron chi connectivity index (χ2n) is 5.45. The van der Waals surface area contributed by atoms with Crippen LogP contribution in [0.25, 0.3) is 0 Å². The fraction of sp³-hybridized carbons (Fsp3) is 1.00. The van der Waals surface area contributed by atoms with Gasteiger partial charge in [0.2, 0.25) is 0 Å². The van der Waals surface area contributed by atoms with E-state index in [0.29, 0.717) is 12.0 Å². The molecule has 2 heteroatoms. The van der Waals surface area contributed by atoms with Gasteiger partial charge in [0.1, 0.15) is 0 Å². The van der Waals surface area contributed by atoms with E-state index in [-0.39, 0.29) is 12.2 Å². The molecular formula is C13H28O2. The molecule has 0 aliphatic carbocycles. The molecule has 1 N–H and O–H groups in total. The third-order valence-electron chi connectivity index (χ3n) is 2.57. The topological polar surface area (TPSA) is 29.5 Å². The summed E-state index contributed by atoms with van der Waals surface area (Å²) >= 11 is 0. The molecule has 2 atom stereocenters. The third-order valence-corrected chi connectivity index (χ3v) is 2.57. The minimum absolute atomic E-state index is 0.0300. The molecule has 0 radical (unpaired) electrons. The summed E-state index contributed by atoms with van der Waals surface area (Å²) in [5.74, 6) is 0. The van der Waals surface area contributed by atoms with E-state index in [1.165, 1.54) is 0 Å². The van der Waals surface area contributed by atoms with Crippen molar-refractivity contribution in [2.75, 3.05) is 6.61 Å². The van der Waals surface area contributed by atoms with Crippen molar-refractivity contribution < 1.29 is 9.84 Å². The Morgan fingerprint density at radius 1 is 1.13 bits per heavy atom. The molecule has 0 aromatic heterocycles. The van der Waals surface area contributed by atoms with Crippen LogP contribution in [0.15, 0.2) is 0 Å². The molecule has 15 heavy (non-hydrogen) atoms. The third kappa shape index (κ3) is 7.80. The summed E-state index contributed by atoms with van der Waals surface area (Å²) in [4.78, 5) is 0. The summed E-state index contributed by atoms with van der Waals surface area (Å²) in [6.45, 7) is 11.4. The molecule has 92 valence electrons. The van der Waals surface area contributed by atoms with Crippen LogP contribution in [0.1, 0.15) is 60.3 Å². The summed E-state index contributed by atoms with van der Waals surface area (Å²) in [7, 11) is 0. The zero-order chi connectivity index (χ0) is 11.9. The molecule has 0 bridgehead atoms. The van der Waals surface area contributed by atoms with E-state index < -0.39 is 0 Å². The van der Waals surface area contributed by atoms with Gasteiger partial charge in [-0.3, -0.25) is 0 Å². The number of ether oxygens (including phenoxy) is 1. The fourth-order valence-corrected chi connectivity index (χ4v) is 1.65. The van der Waals surface area contributed by atoms with Crippen LogP contribution in [0.4, 0.5) is 0 Å². The van der Waals surface area contributed by atoms with E-state index >= 15 is 0 Å².